The smallest absolute Gasteiger partial charge is 0.270 e. The van der Waals surface area contributed by atoms with E-state index < -0.39 is 20.8 Å². The number of halogens is 2. The monoisotopic (exact) mass is 374 g/mol. The van der Waals surface area contributed by atoms with Crippen LogP contribution in [0.5, 0.6) is 0 Å². The fourth-order valence-corrected chi connectivity index (χ4v) is 3.01. The van der Waals surface area contributed by atoms with Gasteiger partial charge in [0.1, 0.15) is 5.82 Å². The first kappa shape index (κ1) is 15.4. The van der Waals surface area contributed by atoms with Crippen molar-refractivity contribution in [2.45, 2.75) is 4.90 Å². The molecule has 0 aliphatic rings. The summed E-state index contributed by atoms with van der Waals surface area (Å²) in [6.45, 7) is 0. The number of nitro benzene ring substituents is 1. The van der Waals surface area contributed by atoms with Crippen molar-refractivity contribution in [3.63, 3.8) is 0 Å². The second-order valence-electron chi connectivity index (χ2n) is 3.99. The van der Waals surface area contributed by atoms with Gasteiger partial charge >= 0.3 is 0 Å². The summed E-state index contributed by atoms with van der Waals surface area (Å²) in [5, 5.41) is 10.7. The van der Waals surface area contributed by atoms with Gasteiger partial charge in [0.15, 0.2) is 0 Å². The maximum Gasteiger partial charge on any atom is 0.270 e. The number of rotatable bonds is 4. The van der Waals surface area contributed by atoms with Crippen LogP contribution in [0.2, 0.25) is 0 Å². The number of nitrogens with one attached hydrogen (secondary N) is 1. The fourth-order valence-electron chi connectivity index (χ4n) is 1.54. The third-order valence-corrected chi connectivity index (χ3v) is 4.50. The summed E-state index contributed by atoms with van der Waals surface area (Å²) in [6.07, 6.45) is 0. The Kier molecular flexibility index (Phi) is 4.24. The normalized spacial score (nSPS) is 11.1. The second kappa shape index (κ2) is 5.78. The lowest BCUT2D eigenvalue weighted by Crippen LogP contribution is -2.13. The first-order valence-electron chi connectivity index (χ1n) is 5.52. The van der Waals surface area contributed by atoms with Gasteiger partial charge in [-0.05, 0) is 40.2 Å². The minimum Gasteiger partial charge on any atom is -0.280 e. The zero-order chi connectivity index (χ0) is 15.6. The molecule has 0 saturated carbocycles. The second-order valence-corrected chi connectivity index (χ2v) is 6.53. The van der Waals surface area contributed by atoms with Crippen molar-refractivity contribution in [2.24, 2.45) is 0 Å². The lowest BCUT2D eigenvalue weighted by atomic mass is 10.3. The van der Waals surface area contributed by atoms with E-state index in [1.165, 1.54) is 30.3 Å². The molecule has 2 aromatic rings. The lowest BCUT2D eigenvalue weighted by Gasteiger charge is -2.08. The molecule has 2 aromatic carbocycles. The van der Waals surface area contributed by atoms with Crippen LogP contribution in [-0.2, 0) is 10.0 Å². The van der Waals surface area contributed by atoms with Crippen LogP contribution >= 0.6 is 15.9 Å². The average Bonchev–Trinajstić information content (AvgIpc) is 2.43. The van der Waals surface area contributed by atoms with Gasteiger partial charge in [-0.25, -0.2) is 12.8 Å². The van der Waals surface area contributed by atoms with E-state index in [9.17, 15) is 22.9 Å². The van der Waals surface area contributed by atoms with Gasteiger partial charge in [0.05, 0.1) is 20.0 Å². The molecule has 0 saturated heterocycles. The van der Waals surface area contributed by atoms with E-state index in [0.717, 1.165) is 12.1 Å². The van der Waals surface area contributed by atoms with Crippen molar-refractivity contribution in [2.75, 3.05) is 4.72 Å². The Labute approximate surface area is 127 Å². The molecule has 0 spiro atoms. The molecule has 21 heavy (non-hydrogen) atoms. The molecule has 110 valence electrons. The highest BCUT2D eigenvalue weighted by Crippen LogP contribution is 2.24. The zero-order valence-corrected chi connectivity index (χ0v) is 12.7. The van der Waals surface area contributed by atoms with Crippen molar-refractivity contribution >= 4 is 37.3 Å². The highest BCUT2D eigenvalue weighted by Gasteiger charge is 2.18. The number of benzene rings is 2. The maximum atomic E-state index is 13.1. The number of anilines is 1. The maximum absolute atomic E-state index is 13.1. The highest BCUT2D eigenvalue weighted by atomic mass is 79.9. The summed E-state index contributed by atoms with van der Waals surface area (Å²) in [5.41, 5.74) is -0.201. The van der Waals surface area contributed by atoms with Gasteiger partial charge in [-0.15, -0.1) is 0 Å². The molecule has 0 radical (unpaired) electrons. The predicted molar refractivity (Wildman–Crippen MR) is 78.0 cm³/mol. The van der Waals surface area contributed by atoms with E-state index in [1.807, 2.05) is 0 Å². The first-order valence-corrected chi connectivity index (χ1v) is 7.79. The largest absolute Gasteiger partial charge is 0.280 e. The molecule has 0 amide bonds. The van der Waals surface area contributed by atoms with E-state index in [1.54, 1.807) is 0 Å². The Morgan fingerprint density at radius 1 is 1.19 bits per heavy atom. The number of nitrogens with zero attached hydrogens (tertiary/aromatic N) is 1. The Hall–Kier alpha value is -2.00. The van der Waals surface area contributed by atoms with Gasteiger partial charge in [0.25, 0.3) is 15.7 Å². The Morgan fingerprint density at radius 2 is 1.90 bits per heavy atom. The predicted octanol–water partition coefficient (Wildman–Crippen LogP) is 3.30. The number of hydrogen-bond donors (Lipinski definition) is 1. The van der Waals surface area contributed by atoms with E-state index in [-0.39, 0.29) is 20.7 Å². The molecule has 0 unspecified atom stereocenters. The third kappa shape index (κ3) is 3.56. The highest BCUT2D eigenvalue weighted by molar-refractivity contribution is 9.10. The standard InChI is InChI=1S/C12H8BrFN2O4S/c13-11-6-8(4-5-12(11)14)15-21(19,20)10-3-1-2-9(7-10)16(17)18/h1-7,15H. The van der Waals surface area contributed by atoms with Crippen LogP contribution in [0, 0.1) is 15.9 Å². The van der Waals surface area contributed by atoms with Gasteiger partial charge in [0, 0.05) is 12.1 Å². The SMILES string of the molecule is O=[N+]([O-])c1cccc(S(=O)(=O)Nc2ccc(F)c(Br)c2)c1. The van der Waals surface area contributed by atoms with Crippen LogP contribution in [0.4, 0.5) is 15.8 Å². The lowest BCUT2D eigenvalue weighted by molar-refractivity contribution is -0.385. The van der Waals surface area contributed by atoms with Crippen molar-refractivity contribution in [1.29, 1.82) is 0 Å². The molecule has 0 fully saturated rings. The summed E-state index contributed by atoms with van der Waals surface area (Å²) in [5.74, 6) is -0.534. The minimum absolute atomic E-state index is 0.0988. The molecular formula is C12H8BrFN2O4S. The van der Waals surface area contributed by atoms with Crippen molar-refractivity contribution in [3.8, 4) is 0 Å². The Balaban J connectivity index is 2.36. The van der Waals surface area contributed by atoms with Crippen molar-refractivity contribution in [1.82, 2.24) is 0 Å². The van der Waals surface area contributed by atoms with Gasteiger partial charge in [-0.1, -0.05) is 6.07 Å². The molecule has 6 nitrogen and oxygen atoms in total. The summed E-state index contributed by atoms with van der Waals surface area (Å²) in [6, 6.07) is 8.23. The molecule has 0 heterocycles. The van der Waals surface area contributed by atoms with E-state index >= 15 is 0 Å². The average molecular weight is 375 g/mol. The zero-order valence-electron chi connectivity index (χ0n) is 10.3. The summed E-state index contributed by atoms with van der Waals surface area (Å²) < 4.78 is 39.7. The van der Waals surface area contributed by atoms with Crippen LogP contribution in [0.1, 0.15) is 0 Å². The van der Waals surface area contributed by atoms with E-state index in [0.29, 0.717) is 0 Å². The molecule has 2 rings (SSSR count). The molecule has 0 bridgehead atoms. The van der Waals surface area contributed by atoms with Crippen LogP contribution in [0.25, 0.3) is 0 Å². The summed E-state index contributed by atoms with van der Waals surface area (Å²) in [7, 11) is -4.00. The minimum atomic E-state index is -4.00. The summed E-state index contributed by atoms with van der Waals surface area (Å²) in [4.78, 5) is 9.72. The van der Waals surface area contributed by atoms with Crippen molar-refractivity contribution in [3.05, 3.63) is 62.9 Å². The van der Waals surface area contributed by atoms with Gasteiger partial charge in [0.2, 0.25) is 0 Å². The first-order chi connectivity index (χ1) is 9.79. The van der Waals surface area contributed by atoms with Crippen LogP contribution < -0.4 is 4.72 Å². The molecule has 0 aromatic heterocycles. The van der Waals surface area contributed by atoms with Crippen LogP contribution in [0.15, 0.2) is 51.8 Å². The number of nitro groups is 1. The van der Waals surface area contributed by atoms with E-state index in [4.69, 9.17) is 0 Å². The molecule has 0 aliphatic carbocycles. The number of hydrogen-bond acceptors (Lipinski definition) is 4. The van der Waals surface area contributed by atoms with Crippen LogP contribution in [0.3, 0.4) is 0 Å². The topological polar surface area (TPSA) is 89.3 Å². The summed E-state index contributed by atoms with van der Waals surface area (Å²) >= 11 is 2.94. The number of sulfonamides is 1. The number of non-ortho nitro benzene ring substituents is 1. The Morgan fingerprint density at radius 3 is 2.52 bits per heavy atom. The molecule has 0 atom stereocenters. The molecule has 0 aliphatic heterocycles. The molecule has 1 N–H and O–H groups in total. The van der Waals surface area contributed by atoms with Crippen molar-refractivity contribution < 1.29 is 17.7 Å². The van der Waals surface area contributed by atoms with Gasteiger partial charge in [-0.2, -0.15) is 0 Å². The Bertz CT molecular complexity index is 811. The third-order valence-electron chi connectivity index (χ3n) is 2.51. The van der Waals surface area contributed by atoms with Gasteiger partial charge in [-0.3, -0.25) is 14.8 Å². The quantitative estimate of drug-likeness (QED) is 0.656. The van der Waals surface area contributed by atoms with E-state index in [2.05, 4.69) is 20.7 Å². The fraction of sp³-hybridized carbons (Fsp3) is 0. The molecule has 9 heteroatoms. The molecular weight excluding hydrogens is 367 g/mol. The van der Waals surface area contributed by atoms with Gasteiger partial charge < -0.3 is 0 Å². The van der Waals surface area contributed by atoms with Crippen LogP contribution in [-0.4, -0.2) is 13.3 Å².